The number of esters is 1. The second-order valence-corrected chi connectivity index (χ2v) is 3.05. The fourth-order valence-corrected chi connectivity index (χ4v) is 1.32. The molecule has 1 fully saturated rings. The molecule has 0 aromatic rings. The van der Waals surface area contributed by atoms with E-state index < -0.39 is 0 Å². The third-order valence-electron chi connectivity index (χ3n) is 2.20. The molecule has 0 aromatic heterocycles. The maximum absolute atomic E-state index is 10.9. The number of ether oxygens (including phenoxy) is 1. The van der Waals surface area contributed by atoms with Crippen LogP contribution >= 0.6 is 0 Å². The lowest BCUT2D eigenvalue weighted by Crippen LogP contribution is -2.12. The van der Waals surface area contributed by atoms with Gasteiger partial charge in [-0.3, -0.25) is 0 Å². The zero-order valence-electron chi connectivity index (χ0n) is 7.09. The molecule has 0 radical (unpaired) electrons. The summed E-state index contributed by atoms with van der Waals surface area (Å²) >= 11 is 0. The van der Waals surface area contributed by atoms with Crippen molar-refractivity contribution in [1.82, 2.24) is 0 Å². The van der Waals surface area contributed by atoms with Crippen LogP contribution in [-0.2, 0) is 9.53 Å². The van der Waals surface area contributed by atoms with Crippen LogP contribution in [0.2, 0.25) is 0 Å². The maximum Gasteiger partial charge on any atom is 0.334 e. The summed E-state index contributed by atoms with van der Waals surface area (Å²) in [7, 11) is 0. The Morgan fingerprint density at radius 2 is 2.27 bits per heavy atom. The van der Waals surface area contributed by atoms with E-state index in [0.29, 0.717) is 5.57 Å². The number of hydrogen-bond donors (Lipinski definition) is 0. The molecule has 2 nitrogen and oxygen atoms in total. The summed E-state index contributed by atoms with van der Waals surface area (Å²) in [6.07, 6.45) is 2.08. The van der Waals surface area contributed by atoms with Gasteiger partial charge in [0, 0.05) is 11.5 Å². The number of cyclic esters (lactones) is 1. The smallest absolute Gasteiger partial charge is 0.334 e. The molecular formula is C9H14O2. The van der Waals surface area contributed by atoms with Gasteiger partial charge in [0.2, 0.25) is 0 Å². The first-order chi connectivity index (χ1) is 5.16. The van der Waals surface area contributed by atoms with Crippen LogP contribution in [0.4, 0.5) is 0 Å². The van der Waals surface area contributed by atoms with Gasteiger partial charge in [0.25, 0.3) is 0 Å². The molecular weight excluding hydrogens is 140 g/mol. The molecule has 2 unspecified atom stereocenters. The summed E-state index contributed by atoms with van der Waals surface area (Å²) in [6.45, 7) is 7.75. The maximum atomic E-state index is 10.9. The van der Waals surface area contributed by atoms with Crippen LogP contribution in [0.1, 0.15) is 26.7 Å². The van der Waals surface area contributed by atoms with E-state index in [4.69, 9.17) is 4.74 Å². The summed E-state index contributed by atoms with van der Waals surface area (Å²) in [6, 6.07) is 0. The van der Waals surface area contributed by atoms with Gasteiger partial charge in [-0.2, -0.15) is 0 Å². The van der Waals surface area contributed by atoms with Crippen molar-refractivity contribution < 1.29 is 9.53 Å². The number of rotatable bonds is 2. The third-order valence-corrected chi connectivity index (χ3v) is 2.20. The largest absolute Gasteiger partial charge is 0.458 e. The lowest BCUT2D eigenvalue weighted by molar-refractivity contribution is -0.139. The quantitative estimate of drug-likeness (QED) is 0.448. The van der Waals surface area contributed by atoms with Crippen molar-refractivity contribution in [3.63, 3.8) is 0 Å². The van der Waals surface area contributed by atoms with Crippen molar-refractivity contribution in [3.05, 3.63) is 12.2 Å². The van der Waals surface area contributed by atoms with Crippen LogP contribution in [-0.4, -0.2) is 12.1 Å². The van der Waals surface area contributed by atoms with E-state index in [9.17, 15) is 4.79 Å². The van der Waals surface area contributed by atoms with Gasteiger partial charge >= 0.3 is 5.97 Å². The molecule has 1 saturated heterocycles. The van der Waals surface area contributed by atoms with Crippen LogP contribution in [0.5, 0.6) is 0 Å². The Morgan fingerprint density at radius 3 is 2.64 bits per heavy atom. The van der Waals surface area contributed by atoms with E-state index in [1.54, 1.807) is 0 Å². The average molecular weight is 154 g/mol. The van der Waals surface area contributed by atoms with E-state index in [2.05, 4.69) is 13.5 Å². The fourth-order valence-electron chi connectivity index (χ4n) is 1.32. The topological polar surface area (TPSA) is 26.3 Å². The predicted molar refractivity (Wildman–Crippen MR) is 43.1 cm³/mol. The molecule has 1 rings (SSSR count). The van der Waals surface area contributed by atoms with Crippen molar-refractivity contribution in [1.29, 1.82) is 0 Å². The monoisotopic (exact) mass is 154 g/mol. The van der Waals surface area contributed by atoms with Crippen molar-refractivity contribution in [2.75, 3.05) is 0 Å². The Balaban J connectivity index is 2.59. The fraction of sp³-hybridized carbons (Fsp3) is 0.667. The highest BCUT2D eigenvalue weighted by Gasteiger charge is 2.34. The molecule has 2 heteroatoms. The van der Waals surface area contributed by atoms with Crippen LogP contribution in [0.15, 0.2) is 12.2 Å². The van der Waals surface area contributed by atoms with Gasteiger partial charge in [-0.1, -0.05) is 26.8 Å². The summed E-state index contributed by atoms with van der Waals surface area (Å²) in [5.74, 6) is -0.00148. The van der Waals surface area contributed by atoms with Gasteiger partial charge in [0.1, 0.15) is 6.10 Å². The van der Waals surface area contributed by atoms with E-state index >= 15 is 0 Å². The molecule has 0 spiro atoms. The molecule has 1 aliphatic heterocycles. The average Bonchev–Trinajstić information content (AvgIpc) is 2.19. The van der Waals surface area contributed by atoms with Crippen molar-refractivity contribution in [2.24, 2.45) is 5.92 Å². The lowest BCUT2D eigenvalue weighted by Gasteiger charge is -2.11. The Bertz CT molecular complexity index is 184. The van der Waals surface area contributed by atoms with Gasteiger partial charge in [0.15, 0.2) is 0 Å². The SMILES string of the molecule is C=C1C(=O)OC(CCC)C1C. The van der Waals surface area contributed by atoms with E-state index in [1.165, 1.54) is 0 Å². The lowest BCUT2D eigenvalue weighted by atomic mass is 9.97. The molecule has 0 N–H and O–H groups in total. The van der Waals surface area contributed by atoms with Crippen LogP contribution in [0.25, 0.3) is 0 Å². The van der Waals surface area contributed by atoms with E-state index in [0.717, 1.165) is 12.8 Å². The third kappa shape index (κ3) is 1.44. The first-order valence-electron chi connectivity index (χ1n) is 4.06. The van der Waals surface area contributed by atoms with Gasteiger partial charge < -0.3 is 4.74 Å². The van der Waals surface area contributed by atoms with Crippen LogP contribution in [0.3, 0.4) is 0 Å². The summed E-state index contributed by atoms with van der Waals surface area (Å²) in [4.78, 5) is 10.9. The summed E-state index contributed by atoms with van der Waals surface area (Å²) < 4.78 is 5.09. The minimum absolute atomic E-state index is 0.0833. The Kier molecular flexibility index (Phi) is 2.32. The number of carbonyl (C=O) groups is 1. The highest BCUT2D eigenvalue weighted by atomic mass is 16.6. The highest BCUT2D eigenvalue weighted by Crippen LogP contribution is 2.28. The Morgan fingerprint density at radius 1 is 1.64 bits per heavy atom. The van der Waals surface area contributed by atoms with Crippen LogP contribution < -0.4 is 0 Å². The minimum Gasteiger partial charge on any atom is -0.458 e. The number of hydrogen-bond acceptors (Lipinski definition) is 2. The zero-order chi connectivity index (χ0) is 8.43. The Hall–Kier alpha value is -0.790. The second-order valence-electron chi connectivity index (χ2n) is 3.05. The van der Waals surface area contributed by atoms with Gasteiger partial charge in [-0.05, 0) is 6.42 Å². The molecule has 2 atom stereocenters. The first kappa shape index (κ1) is 8.31. The molecule has 0 amide bonds. The van der Waals surface area contributed by atoms with Gasteiger partial charge in [-0.25, -0.2) is 4.79 Å². The standard InChI is InChI=1S/C9H14O2/c1-4-5-8-6(2)7(3)9(10)11-8/h6,8H,3-5H2,1-2H3. The predicted octanol–water partition coefficient (Wildman–Crippen LogP) is 1.90. The van der Waals surface area contributed by atoms with E-state index in [1.807, 2.05) is 6.92 Å². The minimum atomic E-state index is -0.212. The second kappa shape index (κ2) is 3.07. The molecule has 11 heavy (non-hydrogen) atoms. The Labute approximate surface area is 67.2 Å². The normalized spacial score (nSPS) is 30.7. The summed E-state index contributed by atoms with van der Waals surface area (Å²) in [5, 5.41) is 0. The van der Waals surface area contributed by atoms with Gasteiger partial charge in [0.05, 0.1) is 0 Å². The molecule has 62 valence electrons. The van der Waals surface area contributed by atoms with Crippen molar-refractivity contribution in [2.45, 2.75) is 32.8 Å². The zero-order valence-corrected chi connectivity index (χ0v) is 7.09. The molecule has 1 aliphatic rings. The molecule has 0 aliphatic carbocycles. The summed E-state index contributed by atoms with van der Waals surface area (Å²) in [5.41, 5.74) is 0.628. The molecule has 0 aromatic carbocycles. The van der Waals surface area contributed by atoms with Crippen molar-refractivity contribution in [3.8, 4) is 0 Å². The molecule has 0 saturated carbocycles. The molecule has 0 bridgehead atoms. The van der Waals surface area contributed by atoms with Crippen molar-refractivity contribution >= 4 is 5.97 Å². The first-order valence-corrected chi connectivity index (χ1v) is 4.06. The number of carbonyl (C=O) groups excluding carboxylic acids is 1. The van der Waals surface area contributed by atoms with Crippen LogP contribution in [0, 0.1) is 5.92 Å². The molecule has 1 heterocycles. The van der Waals surface area contributed by atoms with E-state index in [-0.39, 0.29) is 18.0 Å². The highest BCUT2D eigenvalue weighted by molar-refractivity contribution is 5.90. The van der Waals surface area contributed by atoms with Gasteiger partial charge in [-0.15, -0.1) is 0 Å².